The van der Waals surface area contributed by atoms with E-state index in [0.717, 1.165) is 76.3 Å². The zero-order valence-electron chi connectivity index (χ0n) is 36.3. The van der Waals surface area contributed by atoms with E-state index in [4.69, 9.17) is 18.9 Å². The number of carbonyl (C=O) groups excluding carboxylic acids is 2. The summed E-state index contributed by atoms with van der Waals surface area (Å²) in [7, 11) is 4.02. The van der Waals surface area contributed by atoms with Gasteiger partial charge in [-0.25, -0.2) is 0 Å². The molecule has 1 aromatic carbocycles. The van der Waals surface area contributed by atoms with Crippen molar-refractivity contribution in [1.29, 1.82) is 0 Å². The van der Waals surface area contributed by atoms with Crippen LogP contribution in [0.15, 0.2) is 66.8 Å². The van der Waals surface area contributed by atoms with Crippen molar-refractivity contribution in [1.82, 2.24) is 4.90 Å². The molecule has 0 saturated heterocycles. The molecule has 0 spiro atoms. The van der Waals surface area contributed by atoms with E-state index >= 15 is 0 Å². The molecule has 0 heterocycles. The van der Waals surface area contributed by atoms with Crippen LogP contribution in [0.1, 0.15) is 174 Å². The molecule has 0 aliphatic carbocycles. The number of unbranched alkanes of at least 4 members (excludes halogenated alkanes) is 16. The molecule has 0 radical (unpaired) electrons. The van der Waals surface area contributed by atoms with E-state index in [1.807, 2.05) is 32.3 Å². The van der Waals surface area contributed by atoms with Crippen LogP contribution < -0.4 is 9.47 Å². The van der Waals surface area contributed by atoms with Crippen LogP contribution in [-0.2, 0) is 25.6 Å². The summed E-state index contributed by atoms with van der Waals surface area (Å²) in [6.07, 6.45) is 44.6. The van der Waals surface area contributed by atoms with E-state index in [0.29, 0.717) is 24.3 Å². The minimum Gasteiger partial charge on any atom is -0.490 e. The van der Waals surface area contributed by atoms with Gasteiger partial charge in [0.25, 0.3) is 0 Å². The molecular weight excluding hydrogens is 699 g/mol. The predicted octanol–water partition coefficient (Wildman–Crippen LogP) is 13.2. The van der Waals surface area contributed by atoms with Crippen LogP contribution in [0.3, 0.4) is 0 Å². The fourth-order valence-electron chi connectivity index (χ4n) is 6.19. The molecule has 0 aliphatic heterocycles. The van der Waals surface area contributed by atoms with Gasteiger partial charge in [-0.1, -0.05) is 127 Å². The van der Waals surface area contributed by atoms with Gasteiger partial charge in [-0.15, -0.1) is 0 Å². The van der Waals surface area contributed by atoms with Crippen molar-refractivity contribution in [3.63, 3.8) is 0 Å². The van der Waals surface area contributed by atoms with Crippen LogP contribution >= 0.6 is 0 Å². The van der Waals surface area contributed by atoms with Crippen LogP contribution in [-0.4, -0.2) is 57.4 Å². The number of ether oxygens (including phenoxy) is 4. The Morgan fingerprint density at radius 1 is 0.482 bits per heavy atom. The number of esters is 2. The number of carbonyl (C=O) groups is 2. The summed E-state index contributed by atoms with van der Waals surface area (Å²) in [5, 5.41) is 0. The maximum atomic E-state index is 12.2. The number of hydrogen-bond acceptors (Lipinski definition) is 7. The lowest BCUT2D eigenvalue weighted by atomic mass is 10.1. The monoisotopic (exact) mass is 780 g/mol. The third kappa shape index (κ3) is 34.0. The van der Waals surface area contributed by atoms with Gasteiger partial charge in [0.15, 0.2) is 0 Å². The van der Waals surface area contributed by atoms with Gasteiger partial charge in [-0.05, 0) is 109 Å². The number of rotatable bonds is 38. The highest BCUT2D eigenvalue weighted by molar-refractivity contribution is 5.69. The molecule has 56 heavy (non-hydrogen) atoms. The Hall–Kier alpha value is -3.32. The van der Waals surface area contributed by atoms with Crippen LogP contribution in [0.2, 0.25) is 0 Å². The minimum atomic E-state index is -0.172. The highest BCUT2D eigenvalue weighted by Crippen LogP contribution is 2.24. The van der Waals surface area contributed by atoms with Gasteiger partial charge in [-0.2, -0.15) is 0 Å². The zero-order chi connectivity index (χ0) is 40.6. The fourth-order valence-corrected chi connectivity index (χ4v) is 6.19. The summed E-state index contributed by atoms with van der Waals surface area (Å²) in [5.41, 5.74) is 1.04. The first-order valence-electron chi connectivity index (χ1n) is 22.4. The average Bonchev–Trinajstić information content (AvgIpc) is 3.18. The van der Waals surface area contributed by atoms with Gasteiger partial charge >= 0.3 is 11.9 Å². The van der Waals surface area contributed by atoms with Gasteiger partial charge in [0.05, 0.1) is 0 Å². The van der Waals surface area contributed by atoms with Crippen LogP contribution in [0.4, 0.5) is 0 Å². The molecule has 1 aromatic rings. The minimum absolute atomic E-state index is 0.172. The summed E-state index contributed by atoms with van der Waals surface area (Å²) < 4.78 is 22.7. The normalized spacial score (nSPS) is 11.9. The van der Waals surface area contributed by atoms with Crippen molar-refractivity contribution in [2.45, 2.75) is 174 Å². The maximum Gasteiger partial charge on any atom is 0.305 e. The van der Waals surface area contributed by atoms with Crippen molar-refractivity contribution in [3.05, 3.63) is 72.4 Å². The van der Waals surface area contributed by atoms with Crippen molar-refractivity contribution < 1.29 is 28.5 Å². The van der Waals surface area contributed by atoms with Crippen LogP contribution in [0.25, 0.3) is 0 Å². The van der Waals surface area contributed by atoms with Gasteiger partial charge in [0.2, 0.25) is 0 Å². The lowest BCUT2D eigenvalue weighted by Gasteiger charge is -2.15. The van der Waals surface area contributed by atoms with Gasteiger partial charge < -0.3 is 23.8 Å². The summed E-state index contributed by atoms with van der Waals surface area (Å²) in [5.74, 6) is 0.967. The molecule has 318 valence electrons. The Morgan fingerprint density at radius 2 is 0.857 bits per heavy atom. The molecule has 7 nitrogen and oxygen atoms in total. The van der Waals surface area contributed by atoms with Crippen molar-refractivity contribution in [2.75, 3.05) is 40.5 Å². The first-order valence-corrected chi connectivity index (χ1v) is 22.4. The van der Waals surface area contributed by atoms with E-state index < -0.39 is 0 Å². The molecule has 0 amide bonds. The zero-order valence-corrected chi connectivity index (χ0v) is 36.3. The van der Waals surface area contributed by atoms with Gasteiger partial charge in [0, 0.05) is 25.5 Å². The number of nitrogens with zero attached hydrogens (tertiary/aromatic N) is 1. The van der Waals surface area contributed by atoms with Gasteiger partial charge in [-0.3, -0.25) is 9.59 Å². The van der Waals surface area contributed by atoms with E-state index in [1.165, 1.54) is 77.0 Å². The maximum absolute atomic E-state index is 12.2. The second-order valence-electron chi connectivity index (χ2n) is 15.1. The standard InChI is InChI=1S/C49H81NO6/c1-5-7-9-11-13-15-17-19-21-23-25-27-29-31-33-35-48(51)55-39-37-53-46-41-45(44-50(3)4)42-47(43-46)54-38-40-56-49(52)36-34-32-30-28-26-24-22-20-18-16-14-12-10-8-6-2/h13-16,19-22,41-43H,5-12,17-18,23-40,44H2,1-4H3/b15-13-,16-14-,21-19-,22-20-. The summed E-state index contributed by atoms with van der Waals surface area (Å²) in [6.45, 7) is 6.15. The number of hydrogen-bond donors (Lipinski definition) is 0. The van der Waals surface area contributed by atoms with Gasteiger partial charge in [0.1, 0.15) is 37.9 Å². The second kappa shape index (κ2) is 38.5. The fraction of sp³-hybridized carbons (Fsp3) is 0.673. The predicted molar refractivity (Wildman–Crippen MR) is 235 cm³/mol. The molecule has 0 aliphatic rings. The Morgan fingerprint density at radius 3 is 1.25 bits per heavy atom. The summed E-state index contributed by atoms with van der Waals surface area (Å²) in [6, 6.07) is 5.78. The lowest BCUT2D eigenvalue weighted by molar-refractivity contribution is -0.145. The van der Waals surface area contributed by atoms with E-state index in [9.17, 15) is 9.59 Å². The highest BCUT2D eigenvalue weighted by Gasteiger charge is 2.08. The highest BCUT2D eigenvalue weighted by atomic mass is 16.6. The molecular formula is C49H81NO6. The average molecular weight is 780 g/mol. The smallest absolute Gasteiger partial charge is 0.305 e. The van der Waals surface area contributed by atoms with Crippen molar-refractivity contribution in [3.8, 4) is 11.5 Å². The molecule has 0 N–H and O–H groups in total. The molecule has 0 unspecified atom stereocenters. The molecule has 0 fully saturated rings. The largest absolute Gasteiger partial charge is 0.490 e. The Balaban J connectivity index is 2.16. The van der Waals surface area contributed by atoms with Crippen molar-refractivity contribution in [2.24, 2.45) is 0 Å². The van der Waals surface area contributed by atoms with Crippen LogP contribution in [0, 0.1) is 0 Å². The summed E-state index contributed by atoms with van der Waals surface area (Å²) >= 11 is 0. The lowest BCUT2D eigenvalue weighted by Crippen LogP contribution is -2.14. The van der Waals surface area contributed by atoms with E-state index in [-0.39, 0.29) is 38.4 Å². The first-order chi connectivity index (χ1) is 27.4. The number of allylic oxidation sites excluding steroid dienone is 8. The molecule has 0 aromatic heterocycles. The summed E-state index contributed by atoms with van der Waals surface area (Å²) in [4.78, 5) is 26.5. The molecule has 7 heteroatoms. The van der Waals surface area contributed by atoms with E-state index in [1.54, 1.807) is 0 Å². The number of benzene rings is 1. The molecule has 0 bridgehead atoms. The second-order valence-corrected chi connectivity index (χ2v) is 15.1. The molecule has 0 atom stereocenters. The Bertz CT molecular complexity index is 1120. The Kier molecular flexibility index (Phi) is 34.9. The third-order valence-corrected chi connectivity index (χ3v) is 9.33. The van der Waals surface area contributed by atoms with E-state index in [2.05, 4.69) is 67.4 Å². The topological polar surface area (TPSA) is 74.3 Å². The Labute approximate surface area is 343 Å². The third-order valence-electron chi connectivity index (χ3n) is 9.33. The van der Waals surface area contributed by atoms with Crippen LogP contribution in [0.5, 0.6) is 11.5 Å². The molecule has 0 saturated carbocycles. The SMILES string of the molecule is CCCCC/C=C\C/C=C\CCCCCCCC(=O)OCCOc1cc(CN(C)C)cc(OCCOC(=O)CCCCCCC/C=C\C/C=C\CCCCC)c1. The molecule has 1 rings (SSSR count). The van der Waals surface area contributed by atoms with Crippen molar-refractivity contribution >= 4 is 11.9 Å². The quantitative estimate of drug-likeness (QED) is 0.0376. The first kappa shape index (κ1) is 50.7.